The highest BCUT2D eigenvalue weighted by Crippen LogP contribution is 2.02. The number of amides is 1. The van der Waals surface area contributed by atoms with Crippen molar-refractivity contribution in [2.24, 2.45) is 5.73 Å². The van der Waals surface area contributed by atoms with E-state index in [0.29, 0.717) is 19.4 Å². The summed E-state index contributed by atoms with van der Waals surface area (Å²) in [4.78, 5) is 22.2. The molecular formula is C9H17N5O3. The molecule has 1 saturated heterocycles. The molecule has 0 spiro atoms. The van der Waals surface area contributed by atoms with Gasteiger partial charge < -0.3 is 26.8 Å². The number of hydrogen-bond donors (Lipinski definition) is 6. The molecule has 0 saturated carbocycles. The van der Waals surface area contributed by atoms with Crippen LogP contribution in [0.15, 0.2) is 0 Å². The van der Waals surface area contributed by atoms with E-state index in [-0.39, 0.29) is 24.5 Å². The highest BCUT2D eigenvalue weighted by Gasteiger charge is 2.30. The van der Waals surface area contributed by atoms with Crippen molar-refractivity contribution >= 4 is 17.8 Å². The van der Waals surface area contributed by atoms with Gasteiger partial charge in [-0.05, 0) is 12.8 Å². The number of nitrogens with one attached hydrogen (secondary N) is 4. The van der Waals surface area contributed by atoms with Gasteiger partial charge in [0.25, 0.3) is 0 Å². The van der Waals surface area contributed by atoms with Crippen molar-refractivity contribution in [2.75, 3.05) is 13.1 Å². The van der Waals surface area contributed by atoms with Crippen LogP contribution < -0.4 is 21.7 Å². The third kappa shape index (κ3) is 4.27. The fourth-order valence-electron chi connectivity index (χ4n) is 1.59. The number of carbonyl (C=O) groups excluding carboxylic acids is 1. The van der Waals surface area contributed by atoms with Crippen molar-refractivity contribution in [1.82, 2.24) is 16.0 Å². The van der Waals surface area contributed by atoms with Gasteiger partial charge in [0.2, 0.25) is 5.91 Å². The predicted octanol–water partition coefficient (Wildman–Crippen LogP) is -2.21. The first-order chi connectivity index (χ1) is 8.00. The van der Waals surface area contributed by atoms with Crippen LogP contribution in [0, 0.1) is 5.41 Å². The minimum Gasteiger partial charge on any atom is -0.480 e. The second-order valence-electron chi connectivity index (χ2n) is 3.84. The van der Waals surface area contributed by atoms with Crippen molar-refractivity contribution in [1.29, 1.82) is 5.41 Å². The van der Waals surface area contributed by atoms with Crippen LogP contribution in [0.3, 0.4) is 0 Å². The van der Waals surface area contributed by atoms with Crippen LogP contribution in [0.2, 0.25) is 0 Å². The van der Waals surface area contributed by atoms with Gasteiger partial charge in [-0.25, -0.2) is 4.79 Å². The second-order valence-corrected chi connectivity index (χ2v) is 3.84. The van der Waals surface area contributed by atoms with Gasteiger partial charge in [-0.15, -0.1) is 0 Å². The third-order valence-corrected chi connectivity index (χ3v) is 2.48. The average Bonchev–Trinajstić information content (AvgIpc) is 2.25. The van der Waals surface area contributed by atoms with E-state index in [4.69, 9.17) is 16.2 Å². The second kappa shape index (κ2) is 6.04. The summed E-state index contributed by atoms with van der Waals surface area (Å²) < 4.78 is 0. The van der Waals surface area contributed by atoms with Gasteiger partial charge in [0.05, 0.1) is 6.04 Å². The Labute approximate surface area is 98.4 Å². The lowest BCUT2D eigenvalue weighted by Crippen LogP contribution is -2.60. The number of piperazine rings is 1. The Kier molecular flexibility index (Phi) is 4.70. The van der Waals surface area contributed by atoms with Gasteiger partial charge >= 0.3 is 5.97 Å². The normalized spacial score (nSPS) is 23.9. The van der Waals surface area contributed by atoms with Crippen LogP contribution in [0.5, 0.6) is 0 Å². The van der Waals surface area contributed by atoms with E-state index in [1.165, 1.54) is 0 Å². The van der Waals surface area contributed by atoms with Crippen molar-refractivity contribution in [3.8, 4) is 0 Å². The van der Waals surface area contributed by atoms with E-state index in [0.717, 1.165) is 0 Å². The lowest BCUT2D eigenvalue weighted by molar-refractivity contribution is -0.143. The highest BCUT2D eigenvalue weighted by molar-refractivity contribution is 5.88. The first-order valence-electron chi connectivity index (χ1n) is 5.35. The molecule has 1 heterocycles. The largest absolute Gasteiger partial charge is 0.480 e. The number of carboxylic acid groups (broad SMARTS) is 1. The molecule has 17 heavy (non-hydrogen) atoms. The van der Waals surface area contributed by atoms with E-state index in [1.54, 1.807) is 0 Å². The zero-order chi connectivity index (χ0) is 12.8. The van der Waals surface area contributed by atoms with E-state index in [9.17, 15) is 9.59 Å². The smallest absolute Gasteiger partial charge is 0.327 e. The number of aliphatic carboxylic acids is 1. The van der Waals surface area contributed by atoms with Crippen LogP contribution in [0.4, 0.5) is 0 Å². The van der Waals surface area contributed by atoms with Crippen molar-refractivity contribution in [3.05, 3.63) is 0 Å². The number of guanidine groups is 1. The first-order valence-corrected chi connectivity index (χ1v) is 5.35. The van der Waals surface area contributed by atoms with Crippen LogP contribution in [-0.4, -0.2) is 48.1 Å². The summed E-state index contributed by atoms with van der Waals surface area (Å²) in [7, 11) is 0. The summed E-state index contributed by atoms with van der Waals surface area (Å²) >= 11 is 0. The SMILES string of the molecule is N=C(N)NCCC[C@H]1NC[C@H](C(=O)O)NC1=O. The van der Waals surface area contributed by atoms with Gasteiger partial charge in [0.1, 0.15) is 6.04 Å². The summed E-state index contributed by atoms with van der Waals surface area (Å²) in [6, 6.07) is -1.23. The maximum Gasteiger partial charge on any atom is 0.327 e. The van der Waals surface area contributed by atoms with Crippen LogP contribution in [0.1, 0.15) is 12.8 Å². The molecule has 0 aromatic heterocycles. The average molecular weight is 243 g/mol. The Bertz CT molecular complexity index is 320. The summed E-state index contributed by atoms with van der Waals surface area (Å²) in [5.41, 5.74) is 5.10. The first kappa shape index (κ1) is 13.2. The molecule has 2 atom stereocenters. The zero-order valence-corrected chi connectivity index (χ0v) is 9.32. The zero-order valence-electron chi connectivity index (χ0n) is 9.32. The molecule has 0 aromatic rings. The molecule has 1 aliphatic rings. The van der Waals surface area contributed by atoms with E-state index < -0.39 is 12.0 Å². The highest BCUT2D eigenvalue weighted by atomic mass is 16.4. The number of nitrogens with two attached hydrogens (primary N) is 1. The lowest BCUT2D eigenvalue weighted by atomic mass is 10.1. The van der Waals surface area contributed by atoms with Crippen molar-refractivity contribution in [3.63, 3.8) is 0 Å². The molecule has 1 rings (SSSR count). The maximum atomic E-state index is 11.5. The van der Waals surface area contributed by atoms with Gasteiger partial charge in [0, 0.05) is 13.1 Å². The number of rotatable bonds is 5. The Morgan fingerprint density at radius 2 is 2.35 bits per heavy atom. The molecule has 0 bridgehead atoms. The molecule has 1 aliphatic heterocycles. The molecule has 8 nitrogen and oxygen atoms in total. The lowest BCUT2D eigenvalue weighted by Gasteiger charge is -2.28. The molecule has 0 radical (unpaired) electrons. The molecule has 1 amide bonds. The molecule has 7 N–H and O–H groups in total. The summed E-state index contributed by atoms with van der Waals surface area (Å²) in [5.74, 6) is -1.44. The summed E-state index contributed by atoms with van der Waals surface area (Å²) in [6.07, 6.45) is 1.24. The molecule has 0 aromatic carbocycles. The Morgan fingerprint density at radius 3 is 2.88 bits per heavy atom. The Hall–Kier alpha value is -1.83. The minimum atomic E-state index is -1.04. The number of carbonyl (C=O) groups is 2. The quantitative estimate of drug-likeness (QED) is 0.184. The number of carboxylic acids is 1. The summed E-state index contributed by atoms with van der Waals surface area (Å²) in [6.45, 7) is 0.745. The van der Waals surface area contributed by atoms with Gasteiger partial charge in [-0.1, -0.05) is 0 Å². The Balaban J connectivity index is 2.25. The molecule has 96 valence electrons. The van der Waals surface area contributed by atoms with Gasteiger partial charge in [-0.2, -0.15) is 0 Å². The van der Waals surface area contributed by atoms with Gasteiger partial charge in [0.15, 0.2) is 5.96 Å². The van der Waals surface area contributed by atoms with E-state index in [1.807, 2.05) is 0 Å². The fraction of sp³-hybridized carbons (Fsp3) is 0.667. The minimum absolute atomic E-state index is 0.100. The van der Waals surface area contributed by atoms with Crippen molar-refractivity contribution in [2.45, 2.75) is 24.9 Å². The fourth-order valence-corrected chi connectivity index (χ4v) is 1.59. The topological polar surface area (TPSA) is 140 Å². The molecule has 0 aliphatic carbocycles. The molecule has 1 fully saturated rings. The molecule has 0 unspecified atom stereocenters. The van der Waals surface area contributed by atoms with E-state index >= 15 is 0 Å². The summed E-state index contributed by atoms with van der Waals surface area (Å²) in [5, 5.41) is 23.6. The van der Waals surface area contributed by atoms with Crippen molar-refractivity contribution < 1.29 is 14.7 Å². The Morgan fingerprint density at radius 1 is 1.65 bits per heavy atom. The monoisotopic (exact) mass is 243 g/mol. The van der Waals surface area contributed by atoms with Crippen LogP contribution >= 0.6 is 0 Å². The van der Waals surface area contributed by atoms with Crippen LogP contribution in [-0.2, 0) is 9.59 Å². The molecule has 8 heteroatoms. The standard InChI is InChI=1S/C9H17N5O3/c10-9(11)12-3-1-2-5-7(15)14-6(4-13-5)8(16)17/h5-6,13H,1-4H2,(H,14,15)(H,16,17)(H4,10,11,12)/t5-,6-/m1/s1. The maximum absolute atomic E-state index is 11.5. The van der Waals surface area contributed by atoms with Crippen LogP contribution in [0.25, 0.3) is 0 Å². The number of hydrogen-bond acceptors (Lipinski definition) is 4. The molecular weight excluding hydrogens is 226 g/mol. The van der Waals surface area contributed by atoms with Gasteiger partial charge in [-0.3, -0.25) is 10.2 Å². The predicted molar refractivity (Wildman–Crippen MR) is 60.5 cm³/mol. The van der Waals surface area contributed by atoms with E-state index in [2.05, 4.69) is 16.0 Å². The third-order valence-electron chi connectivity index (χ3n) is 2.48.